The zero-order valence-corrected chi connectivity index (χ0v) is 16.4. The third kappa shape index (κ3) is 4.92. The number of halogens is 1. The summed E-state index contributed by atoms with van der Waals surface area (Å²) in [7, 11) is 1.47. The molecule has 0 bridgehead atoms. The fraction of sp³-hybridized carbons (Fsp3) is 0.105. The van der Waals surface area contributed by atoms with Gasteiger partial charge in [-0.1, -0.05) is 28.9 Å². The van der Waals surface area contributed by atoms with Crippen LogP contribution in [0.25, 0.3) is 0 Å². The van der Waals surface area contributed by atoms with E-state index in [1.54, 1.807) is 42.5 Å². The highest BCUT2D eigenvalue weighted by atomic mass is 35.5. The van der Waals surface area contributed by atoms with Gasteiger partial charge in [0.2, 0.25) is 0 Å². The second-order valence-corrected chi connectivity index (χ2v) is 6.49. The summed E-state index contributed by atoms with van der Waals surface area (Å²) >= 11 is 5.95. The van der Waals surface area contributed by atoms with Crippen molar-refractivity contribution < 1.29 is 19.3 Å². The lowest BCUT2D eigenvalue weighted by atomic mass is 10.1. The number of amidine groups is 1. The monoisotopic (exact) mass is 429 g/mol. The van der Waals surface area contributed by atoms with Gasteiger partial charge < -0.3 is 15.3 Å². The number of hydrogen-bond donors (Lipinski definition) is 1. The number of nitrogens with two attached hydrogens (primary N) is 1. The Balaban J connectivity index is 1.66. The Morgan fingerprint density at radius 2 is 2.03 bits per heavy atom. The van der Waals surface area contributed by atoms with Crippen LogP contribution in [-0.4, -0.2) is 33.6 Å². The molecule has 0 radical (unpaired) electrons. The predicted octanol–water partition coefficient (Wildman–Crippen LogP) is 2.98. The summed E-state index contributed by atoms with van der Waals surface area (Å²) in [5.41, 5.74) is 7.21. The maximum atomic E-state index is 12.2. The Kier molecular flexibility index (Phi) is 6.28. The van der Waals surface area contributed by atoms with Gasteiger partial charge in [0, 0.05) is 5.02 Å². The average molecular weight is 430 g/mol. The summed E-state index contributed by atoms with van der Waals surface area (Å²) in [4.78, 5) is 27.3. The minimum atomic E-state index is -0.708. The van der Waals surface area contributed by atoms with E-state index in [1.807, 2.05) is 0 Å². The molecular weight excluding hydrogens is 414 g/mol. The van der Waals surface area contributed by atoms with Crippen LogP contribution in [0.1, 0.15) is 21.5 Å². The topological polar surface area (TPSA) is 135 Å². The fourth-order valence-electron chi connectivity index (χ4n) is 2.54. The lowest BCUT2D eigenvalue weighted by Gasteiger charge is -2.08. The van der Waals surface area contributed by atoms with Crippen LogP contribution in [0, 0.1) is 10.1 Å². The van der Waals surface area contributed by atoms with E-state index in [2.05, 4.69) is 10.3 Å². The molecule has 154 valence electrons. The largest absolute Gasteiger partial charge is 0.496 e. The number of ether oxygens (including phenoxy) is 1. The van der Waals surface area contributed by atoms with Crippen molar-refractivity contribution in [3.05, 3.63) is 86.7 Å². The van der Waals surface area contributed by atoms with Gasteiger partial charge in [-0.2, -0.15) is 5.10 Å². The van der Waals surface area contributed by atoms with E-state index in [0.717, 1.165) is 5.56 Å². The van der Waals surface area contributed by atoms with Crippen molar-refractivity contribution in [2.75, 3.05) is 7.11 Å². The maximum absolute atomic E-state index is 12.2. The molecule has 0 aliphatic heterocycles. The highest BCUT2D eigenvalue weighted by Gasteiger charge is 2.12. The number of hydrogen-bond acceptors (Lipinski definition) is 7. The molecule has 0 amide bonds. The second-order valence-electron chi connectivity index (χ2n) is 6.05. The molecule has 10 nitrogen and oxygen atoms in total. The Morgan fingerprint density at radius 3 is 2.67 bits per heavy atom. The van der Waals surface area contributed by atoms with Crippen LogP contribution in [0.15, 0.2) is 60.0 Å². The van der Waals surface area contributed by atoms with E-state index >= 15 is 0 Å². The molecule has 30 heavy (non-hydrogen) atoms. The van der Waals surface area contributed by atoms with Crippen LogP contribution in [0.5, 0.6) is 5.75 Å². The molecule has 0 atom stereocenters. The first-order chi connectivity index (χ1) is 14.4. The minimum absolute atomic E-state index is 0.0698. The van der Waals surface area contributed by atoms with Gasteiger partial charge in [-0.05, 0) is 35.9 Å². The fourth-order valence-corrected chi connectivity index (χ4v) is 2.71. The zero-order chi connectivity index (χ0) is 21.7. The number of nitrogens with zero attached hydrogens (tertiary/aromatic N) is 4. The van der Waals surface area contributed by atoms with Crippen molar-refractivity contribution >= 4 is 29.1 Å². The van der Waals surface area contributed by atoms with Crippen molar-refractivity contribution in [1.29, 1.82) is 0 Å². The molecule has 0 unspecified atom stereocenters. The van der Waals surface area contributed by atoms with Gasteiger partial charge in [0.25, 0.3) is 0 Å². The molecule has 0 spiro atoms. The van der Waals surface area contributed by atoms with Gasteiger partial charge in [-0.15, -0.1) is 0 Å². The van der Waals surface area contributed by atoms with Crippen molar-refractivity contribution in [2.45, 2.75) is 6.54 Å². The molecule has 0 aliphatic rings. The van der Waals surface area contributed by atoms with E-state index in [0.29, 0.717) is 22.9 Å². The number of benzene rings is 2. The summed E-state index contributed by atoms with van der Waals surface area (Å²) in [6.45, 7) is 0.308. The van der Waals surface area contributed by atoms with E-state index in [4.69, 9.17) is 26.9 Å². The Morgan fingerprint density at radius 1 is 1.30 bits per heavy atom. The standard InChI is InChI=1S/C19H16ClN5O5/c1-29-17-7-6-14(20)8-16(17)18(21)23-30-19(26)13-4-2-12(3-5-13)10-24-11-15(9-22-24)25(27)28/h2-9,11H,10H2,1H3,(H2,21,23). The first kappa shape index (κ1) is 20.8. The van der Waals surface area contributed by atoms with Crippen LogP contribution in [0.3, 0.4) is 0 Å². The lowest BCUT2D eigenvalue weighted by Crippen LogP contribution is -2.16. The predicted molar refractivity (Wildman–Crippen MR) is 109 cm³/mol. The van der Waals surface area contributed by atoms with Crippen LogP contribution in [0.2, 0.25) is 5.02 Å². The molecule has 11 heteroatoms. The van der Waals surface area contributed by atoms with Gasteiger partial charge >= 0.3 is 11.7 Å². The molecule has 3 aromatic rings. The molecule has 0 aliphatic carbocycles. The van der Waals surface area contributed by atoms with E-state index in [1.165, 1.54) is 24.2 Å². The van der Waals surface area contributed by atoms with E-state index in [9.17, 15) is 14.9 Å². The van der Waals surface area contributed by atoms with Crippen LogP contribution >= 0.6 is 11.6 Å². The number of nitro groups is 1. The summed E-state index contributed by atoms with van der Waals surface area (Å²) < 4.78 is 6.61. The van der Waals surface area contributed by atoms with Crippen LogP contribution in [0.4, 0.5) is 5.69 Å². The number of carbonyl (C=O) groups excluding carboxylic acids is 1. The average Bonchev–Trinajstić information content (AvgIpc) is 3.21. The second kappa shape index (κ2) is 9.05. The minimum Gasteiger partial charge on any atom is -0.496 e. The van der Waals surface area contributed by atoms with Gasteiger partial charge in [-0.3, -0.25) is 14.8 Å². The highest BCUT2D eigenvalue weighted by molar-refractivity contribution is 6.31. The molecule has 2 N–H and O–H groups in total. The number of methoxy groups -OCH3 is 1. The summed E-state index contributed by atoms with van der Waals surface area (Å²) in [5, 5.41) is 18.7. The van der Waals surface area contributed by atoms with Gasteiger partial charge in [0.05, 0.1) is 29.7 Å². The van der Waals surface area contributed by atoms with E-state index in [-0.39, 0.29) is 17.1 Å². The molecule has 0 saturated heterocycles. The lowest BCUT2D eigenvalue weighted by molar-refractivity contribution is -0.385. The van der Waals surface area contributed by atoms with E-state index < -0.39 is 10.9 Å². The number of oxime groups is 1. The smallest absolute Gasteiger partial charge is 0.365 e. The molecule has 1 heterocycles. The molecule has 0 saturated carbocycles. The van der Waals surface area contributed by atoms with Crippen molar-refractivity contribution in [1.82, 2.24) is 9.78 Å². The first-order valence-electron chi connectivity index (χ1n) is 8.52. The van der Waals surface area contributed by atoms with Crippen molar-refractivity contribution in [2.24, 2.45) is 10.9 Å². The van der Waals surface area contributed by atoms with Crippen LogP contribution in [-0.2, 0) is 11.4 Å². The summed E-state index contributed by atoms with van der Waals surface area (Å²) in [5.74, 6) is -0.347. The molecule has 0 fully saturated rings. The number of rotatable bonds is 7. The number of carbonyl (C=O) groups is 1. The highest BCUT2D eigenvalue weighted by Crippen LogP contribution is 2.22. The van der Waals surface area contributed by atoms with Gasteiger partial charge in [-0.25, -0.2) is 4.79 Å². The van der Waals surface area contributed by atoms with Crippen LogP contribution < -0.4 is 10.5 Å². The van der Waals surface area contributed by atoms with Crippen molar-refractivity contribution in [3.63, 3.8) is 0 Å². The molecule has 1 aromatic heterocycles. The summed E-state index contributed by atoms with van der Waals surface area (Å²) in [6, 6.07) is 11.2. The third-order valence-corrected chi connectivity index (χ3v) is 4.26. The first-order valence-corrected chi connectivity index (χ1v) is 8.89. The SMILES string of the molecule is COc1ccc(Cl)cc1/C(N)=N/OC(=O)c1ccc(Cn2cc([N+](=O)[O-])cn2)cc1. The Hall–Kier alpha value is -3.92. The summed E-state index contributed by atoms with van der Waals surface area (Å²) in [6.07, 6.45) is 2.49. The van der Waals surface area contributed by atoms with Gasteiger partial charge in [0.15, 0.2) is 5.84 Å². The maximum Gasteiger partial charge on any atom is 0.365 e. The Bertz CT molecular complexity index is 1110. The Labute approximate surface area is 175 Å². The zero-order valence-electron chi connectivity index (χ0n) is 15.7. The molecular formula is C19H16ClN5O5. The van der Waals surface area contributed by atoms with Crippen molar-refractivity contribution in [3.8, 4) is 5.75 Å². The number of aromatic nitrogens is 2. The third-order valence-electron chi connectivity index (χ3n) is 4.03. The normalized spacial score (nSPS) is 11.2. The quantitative estimate of drug-likeness (QED) is 0.200. The molecule has 2 aromatic carbocycles. The molecule has 3 rings (SSSR count). The van der Waals surface area contributed by atoms with Gasteiger partial charge in [0.1, 0.15) is 18.1 Å².